The van der Waals surface area contributed by atoms with E-state index in [4.69, 9.17) is 11.6 Å². The summed E-state index contributed by atoms with van der Waals surface area (Å²) in [6.07, 6.45) is 7.73. The minimum Gasteiger partial charge on any atom is -0.303 e. The summed E-state index contributed by atoms with van der Waals surface area (Å²) >= 11 is 5.61. The Labute approximate surface area is 85.2 Å². The predicted molar refractivity (Wildman–Crippen MR) is 55.8 cm³/mol. The van der Waals surface area contributed by atoms with E-state index >= 15 is 0 Å². The molecule has 0 unspecified atom stereocenters. The molecule has 1 fully saturated rings. The van der Waals surface area contributed by atoms with Crippen LogP contribution in [0.5, 0.6) is 0 Å². The maximum atomic E-state index is 11.1. The van der Waals surface area contributed by atoms with E-state index in [1.807, 2.05) is 6.92 Å². The SMILES string of the molecule is C/C(=C\Cl)CC1(C=O)CCCCC1. The molecule has 74 valence electrons. The highest BCUT2D eigenvalue weighted by Gasteiger charge is 2.31. The molecule has 1 aliphatic rings. The molecule has 0 radical (unpaired) electrons. The molecule has 13 heavy (non-hydrogen) atoms. The van der Waals surface area contributed by atoms with Gasteiger partial charge in [-0.25, -0.2) is 0 Å². The first-order valence-corrected chi connectivity index (χ1v) is 5.38. The molecule has 1 nitrogen and oxygen atoms in total. The molecule has 0 saturated heterocycles. The first kappa shape index (κ1) is 10.8. The summed E-state index contributed by atoms with van der Waals surface area (Å²) < 4.78 is 0. The van der Waals surface area contributed by atoms with Crippen LogP contribution in [0.2, 0.25) is 0 Å². The second-order valence-corrected chi connectivity index (χ2v) is 4.39. The summed E-state index contributed by atoms with van der Waals surface area (Å²) in [5, 5.41) is 0. The van der Waals surface area contributed by atoms with E-state index in [-0.39, 0.29) is 5.41 Å². The highest BCUT2D eigenvalue weighted by Crippen LogP contribution is 2.39. The highest BCUT2D eigenvalue weighted by molar-refractivity contribution is 6.25. The van der Waals surface area contributed by atoms with Crippen LogP contribution >= 0.6 is 11.6 Å². The van der Waals surface area contributed by atoms with E-state index in [2.05, 4.69) is 0 Å². The summed E-state index contributed by atoms with van der Waals surface area (Å²) in [6.45, 7) is 1.99. The van der Waals surface area contributed by atoms with Crippen molar-refractivity contribution in [1.29, 1.82) is 0 Å². The molecule has 0 aromatic heterocycles. The van der Waals surface area contributed by atoms with Gasteiger partial charge in [0, 0.05) is 11.0 Å². The van der Waals surface area contributed by atoms with Crippen molar-refractivity contribution in [3.63, 3.8) is 0 Å². The zero-order chi connectivity index (χ0) is 9.73. The monoisotopic (exact) mass is 200 g/mol. The van der Waals surface area contributed by atoms with E-state index in [0.717, 1.165) is 31.1 Å². The second kappa shape index (κ2) is 4.80. The van der Waals surface area contributed by atoms with Gasteiger partial charge in [-0.1, -0.05) is 36.4 Å². The third-order valence-electron chi connectivity index (χ3n) is 2.92. The lowest BCUT2D eigenvalue weighted by atomic mass is 9.72. The minimum atomic E-state index is -0.0896. The predicted octanol–water partition coefficient (Wildman–Crippen LogP) is 3.67. The smallest absolute Gasteiger partial charge is 0.126 e. The Kier molecular flexibility index (Phi) is 3.98. The first-order valence-electron chi connectivity index (χ1n) is 4.95. The molecule has 1 aliphatic carbocycles. The Bertz CT molecular complexity index is 202. The fourth-order valence-electron chi connectivity index (χ4n) is 2.19. The van der Waals surface area contributed by atoms with Crippen molar-refractivity contribution in [3.05, 3.63) is 11.1 Å². The van der Waals surface area contributed by atoms with E-state index in [1.165, 1.54) is 19.3 Å². The van der Waals surface area contributed by atoms with E-state index < -0.39 is 0 Å². The number of hydrogen-bond acceptors (Lipinski definition) is 1. The lowest BCUT2D eigenvalue weighted by Crippen LogP contribution is -2.25. The molecule has 0 bridgehead atoms. The van der Waals surface area contributed by atoms with Crippen LogP contribution in [0.3, 0.4) is 0 Å². The fraction of sp³-hybridized carbons (Fsp3) is 0.727. The van der Waals surface area contributed by atoms with Crippen LogP contribution in [0.1, 0.15) is 45.4 Å². The number of carbonyl (C=O) groups excluding carboxylic acids is 1. The molecule has 0 heterocycles. The van der Waals surface area contributed by atoms with Crippen molar-refractivity contribution < 1.29 is 4.79 Å². The van der Waals surface area contributed by atoms with Crippen LogP contribution in [0.25, 0.3) is 0 Å². The molecular weight excluding hydrogens is 184 g/mol. The van der Waals surface area contributed by atoms with Crippen LogP contribution in [0, 0.1) is 5.41 Å². The quantitative estimate of drug-likeness (QED) is 0.636. The zero-order valence-electron chi connectivity index (χ0n) is 8.18. The molecule has 1 saturated carbocycles. The summed E-state index contributed by atoms with van der Waals surface area (Å²) in [7, 11) is 0. The Morgan fingerprint density at radius 1 is 1.38 bits per heavy atom. The number of allylic oxidation sites excluding steroid dienone is 1. The molecular formula is C11H17ClO. The topological polar surface area (TPSA) is 17.1 Å². The summed E-state index contributed by atoms with van der Waals surface area (Å²) in [5.74, 6) is 0. The Balaban J connectivity index is 2.62. The zero-order valence-corrected chi connectivity index (χ0v) is 8.94. The van der Waals surface area contributed by atoms with E-state index in [0.29, 0.717) is 0 Å². The van der Waals surface area contributed by atoms with Gasteiger partial charge in [-0.05, 0) is 26.2 Å². The van der Waals surface area contributed by atoms with Crippen molar-refractivity contribution in [3.8, 4) is 0 Å². The summed E-state index contributed by atoms with van der Waals surface area (Å²) in [6, 6.07) is 0. The molecule has 0 amide bonds. The third-order valence-corrected chi connectivity index (χ3v) is 3.29. The van der Waals surface area contributed by atoms with Crippen molar-refractivity contribution >= 4 is 17.9 Å². The first-order chi connectivity index (χ1) is 6.22. The molecule has 0 aliphatic heterocycles. The van der Waals surface area contributed by atoms with Gasteiger partial charge < -0.3 is 4.79 Å². The van der Waals surface area contributed by atoms with E-state index in [1.54, 1.807) is 5.54 Å². The molecule has 0 atom stereocenters. The standard InChI is InChI=1S/C11H17ClO/c1-10(8-12)7-11(9-13)5-3-2-4-6-11/h8-9H,2-7H2,1H3/b10-8+. The number of aldehydes is 1. The number of halogens is 1. The molecule has 0 spiro atoms. The van der Waals surface area contributed by atoms with Gasteiger partial charge in [0.25, 0.3) is 0 Å². The van der Waals surface area contributed by atoms with Gasteiger partial charge in [-0.3, -0.25) is 0 Å². The Hall–Kier alpha value is -0.300. The van der Waals surface area contributed by atoms with Crippen molar-refractivity contribution in [1.82, 2.24) is 0 Å². The summed E-state index contributed by atoms with van der Waals surface area (Å²) in [5.41, 5.74) is 2.63. The molecule has 0 aromatic rings. The highest BCUT2D eigenvalue weighted by atomic mass is 35.5. The van der Waals surface area contributed by atoms with Crippen LogP contribution in [0.15, 0.2) is 11.1 Å². The molecule has 1 rings (SSSR count). The third kappa shape index (κ3) is 2.84. The second-order valence-electron chi connectivity index (χ2n) is 4.17. The molecule has 0 aromatic carbocycles. The largest absolute Gasteiger partial charge is 0.303 e. The van der Waals surface area contributed by atoms with E-state index in [9.17, 15) is 4.79 Å². The minimum absolute atomic E-state index is 0.0896. The number of rotatable bonds is 3. The maximum Gasteiger partial charge on any atom is 0.126 e. The van der Waals surface area contributed by atoms with Gasteiger partial charge >= 0.3 is 0 Å². The van der Waals surface area contributed by atoms with Crippen molar-refractivity contribution in [2.24, 2.45) is 5.41 Å². The summed E-state index contributed by atoms with van der Waals surface area (Å²) in [4.78, 5) is 11.1. The van der Waals surface area contributed by atoms with Gasteiger partial charge in [0.1, 0.15) is 6.29 Å². The van der Waals surface area contributed by atoms with Crippen molar-refractivity contribution in [2.75, 3.05) is 0 Å². The average Bonchev–Trinajstić information content (AvgIpc) is 2.19. The number of hydrogen-bond donors (Lipinski definition) is 0. The van der Waals surface area contributed by atoms with Crippen LogP contribution in [-0.2, 0) is 4.79 Å². The maximum absolute atomic E-state index is 11.1. The van der Waals surface area contributed by atoms with Gasteiger partial charge in [-0.15, -0.1) is 0 Å². The molecule has 2 heteroatoms. The average molecular weight is 201 g/mol. The lowest BCUT2D eigenvalue weighted by Gasteiger charge is -2.32. The number of carbonyl (C=O) groups is 1. The van der Waals surface area contributed by atoms with Crippen LogP contribution < -0.4 is 0 Å². The van der Waals surface area contributed by atoms with Gasteiger partial charge in [0.2, 0.25) is 0 Å². The van der Waals surface area contributed by atoms with Gasteiger partial charge in [0.15, 0.2) is 0 Å². The lowest BCUT2D eigenvalue weighted by molar-refractivity contribution is -0.117. The van der Waals surface area contributed by atoms with Gasteiger partial charge in [-0.2, -0.15) is 0 Å². The Morgan fingerprint density at radius 3 is 2.46 bits per heavy atom. The van der Waals surface area contributed by atoms with Crippen LogP contribution in [-0.4, -0.2) is 6.29 Å². The van der Waals surface area contributed by atoms with Crippen LogP contribution in [0.4, 0.5) is 0 Å². The van der Waals surface area contributed by atoms with Crippen molar-refractivity contribution in [2.45, 2.75) is 45.4 Å². The normalized spacial score (nSPS) is 22.8. The fourth-order valence-corrected chi connectivity index (χ4v) is 2.26. The van der Waals surface area contributed by atoms with Gasteiger partial charge in [0.05, 0.1) is 0 Å². The Morgan fingerprint density at radius 2 is 2.00 bits per heavy atom. The molecule has 0 N–H and O–H groups in total.